The molecule has 1 saturated carbocycles. The van der Waals surface area contributed by atoms with E-state index in [1.807, 2.05) is 0 Å². The van der Waals surface area contributed by atoms with Gasteiger partial charge in [-0.05, 0) is 32.6 Å². The molecule has 2 N–H and O–H groups in total. The van der Waals surface area contributed by atoms with E-state index in [0.717, 1.165) is 10.8 Å². The van der Waals surface area contributed by atoms with Crippen LogP contribution in [0.4, 0.5) is 4.39 Å². The Morgan fingerprint density at radius 2 is 1.93 bits per heavy atom. The zero-order valence-corrected chi connectivity index (χ0v) is 16.8. The minimum absolute atomic E-state index is 0.0132. The maximum absolute atomic E-state index is 14.7. The SMILES string of the molecule is CCOC(=O)c1c(F)c(S(=O)(=O)NC2CC(C(=O)OCC)CC2CO)cn1C. The maximum Gasteiger partial charge on any atom is 0.358 e. The predicted molar refractivity (Wildman–Crippen MR) is 95.4 cm³/mol. The van der Waals surface area contributed by atoms with E-state index in [0.29, 0.717) is 0 Å². The summed E-state index contributed by atoms with van der Waals surface area (Å²) < 4.78 is 53.2. The van der Waals surface area contributed by atoms with Crippen LogP contribution < -0.4 is 4.72 Å². The van der Waals surface area contributed by atoms with Gasteiger partial charge in [0, 0.05) is 25.9 Å². The Morgan fingerprint density at radius 3 is 2.50 bits per heavy atom. The summed E-state index contributed by atoms with van der Waals surface area (Å²) >= 11 is 0. The lowest BCUT2D eigenvalue weighted by Gasteiger charge is -2.18. The molecule has 11 heteroatoms. The summed E-state index contributed by atoms with van der Waals surface area (Å²) in [5.41, 5.74) is -0.503. The van der Waals surface area contributed by atoms with Crippen LogP contribution in [0.1, 0.15) is 37.2 Å². The van der Waals surface area contributed by atoms with Crippen molar-refractivity contribution in [2.45, 2.75) is 37.6 Å². The number of aliphatic hydroxyl groups excluding tert-OH is 1. The Balaban J connectivity index is 2.25. The van der Waals surface area contributed by atoms with Crippen molar-refractivity contribution in [2.75, 3.05) is 19.8 Å². The number of aryl methyl sites for hydroxylation is 1. The summed E-state index contributed by atoms with van der Waals surface area (Å²) in [6, 6.07) is -0.768. The second-order valence-electron chi connectivity index (χ2n) is 6.58. The van der Waals surface area contributed by atoms with Gasteiger partial charge in [0.25, 0.3) is 0 Å². The van der Waals surface area contributed by atoms with Crippen LogP contribution in [0.2, 0.25) is 0 Å². The number of rotatable bonds is 8. The van der Waals surface area contributed by atoms with Gasteiger partial charge >= 0.3 is 11.9 Å². The number of hydrogen-bond acceptors (Lipinski definition) is 7. The molecule has 1 heterocycles. The molecule has 28 heavy (non-hydrogen) atoms. The van der Waals surface area contributed by atoms with Crippen LogP contribution >= 0.6 is 0 Å². The van der Waals surface area contributed by atoms with E-state index in [1.165, 1.54) is 7.05 Å². The fourth-order valence-corrected chi connectivity index (χ4v) is 4.82. The van der Waals surface area contributed by atoms with E-state index in [2.05, 4.69) is 4.72 Å². The molecule has 0 bridgehead atoms. The largest absolute Gasteiger partial charge is 0.466 e. The molecular formula is C17H25FN2O7S. The van der Waals surface area contributed by atoms with Crippen LogP contribution in [-0.4, -0.2) is 55.9 Å². The average Bonchev–Trinajstić information content (AvgIpc) is 3.15. The Bertz CT molecular complexity index is 837. The molecule has 0 spiro atoms. The van der Waals surface area contributed by atoms with E-state index in [-0.39, 0.29) is 32.7 Å². The van der Waals surface area contributed by atoms with Gasteiger partial charge in [-0.25, -0.2) is 22.3 Å². The van der Waals surface area contributed by atoms with Gasteiger partial charge in [-0.15, -0.1) is 0 Å². The van der Waals surface area contributed by atoms with Gasteiger partial charge in [-0.3, -0.25) is 4.79 Å². The quantitative estimate of drug-likeness (QED) is 0.589. The van der Waals surface area contributed by atoms with Crippen molar-refractivity contribution < 1.29 is 37.0 Å². The Hall–Kier alpha value is -1.98. The molecule has 2 rings (SSSR count). The van der Waals surface area contributed by atoms with Gasteiger partial charge in [-0.1, -0.05) is 0 Å². The molecule has 1 aliphatic carbocycles. The maximum atomic E-state index is 14.7. The molecule has 0 aliphatic heterocycles. The monoisotopic (exact) mass is 420 g/mol. The number of aromatic nitrogens is 1. The molecule has 158 valence electrons. The lowest BCUT2D eigenvalue weighted by atomic mass is 10.1. The summed E-state index contributed by atoms with van der Waals surface area (Å²) in [4.78, 5) is 23.1. The number of aliphatic hydroxyl groups is 1. The first kappa shape index (κ1) is 22.3. The van der Waals surface area contributed by atoms with Crippen molar-refractivity contribution in [2.24, 2.45) is 18.9 Å². The number of ether oxygens (including phenoxy) is 2. The average molecular weight is 420 g/mol. The first-order chi connectivity index (χ1) is 13.2. The molecule has 0 radical (unpaired) electrons. The summed E-state index contributed by atoms with van der Waals surface area (Å²) in [7, 11) is -3.02. The van der Waals surface area contributed by atoms with Gasteiger partial charge in [0.05, 0.1) is 19.1 Å². The third kappa shape index (κ3) is 4.53. The lowest BCUT2D eigenvalue weighted by molar-refractivity contribution is -0.147. The normalized spacial score (nSPS) is 22.2. The van der Waals surface area contributed by atoms with Crippen molar-refractivity contribution in [3.63, 3.8) is 0 Å². The van der Waals surface area contributed by atoms with Crippen molar-refractivity contribution in [1.82, 2.24) is 9.29 Å². The third-order valence-corrected chi connectivity index (χ3v) is 6.18. The zero-order chi connectivity index (χ0) is 21.1. The second-order valence-corrected chi connectivity index (χ2v) is 8.26. The van der Waals surface area contributed by atoms with Crippen LogP contribution in [0.3, 0.4) is 0 Å². The number of sulfonamides is 1. The number of carbonyl (C=O) groups is 2. The molecule has 3 unspecified atom stereocenters. The number of nitrogens with one attached hydrogen (secondary N) is 1. The molecule has 0 saturated heterocycles. The molecule has 0 aromatic carbocycles. The molecule has 3 atom stereocenters. The smallest absolute Gasteiger partial charge is 0.358 e. The Labute approximate surface area is 162 Å². The summed E-state index contributed by atoms with van der Waals surface area (Å²) in [6.45, 7) is 3.08. The first-order valence-electron chi connectivity index (χ1n) is 8.97. The summed E-state index contributed by atoms with van der Waals surface area (Å²) in [5, 5.41) is 9.54. The Kier molecular flexibility index (Phi) is 7.18. The number of carbonyl (C=O) groups excluding carboxylic acids is 2. The van der Waals surface area contributed by atoms with Crippen LogP contribution in [-0.2, 0) is 31.3 Å². The van der Waals surface area contributed by atoms with Gasteiger partial charge in [0.1, 0.15) is 4.90 Å². The number of nitrogens with zero attached hydrogens (tertiary/aromatic N) is 1. The van der Waals surface area contributed by atoms with E-state index >= 15 is 0 Å². The van der Waals surface area contributed by atoms with E-state index in [1.54, 1.807) is 13.8 Å². The summed E-state index contributed by atoms with van der Waals surface area (Å²) in [5.74, 6) is -3.71. The van der Waals surface area contributed by atoms with E-state index < -0.39 is 56.2 Å². The van der Waals surface area contributed by atoms with Crippen LogP contribution in [0.15, 0.2) is 11.1 Å². The topological polar surface area (TPSA) is 124 Å². The first-order valence-corrected chi connectivity index (χ1v) is 10.5. The molecule has 0 amide bonds. The second kappa shape index (κ2) is 9.01. The van der Waals surface area contributed by atoms with Crippen molar-refractivity contribution in [3.8, 4) is 0 Å². The van der Waals surface area contributed by atoms with Crippen molar-refractivity contribution in [3.05, 3.63) is 17.7 Å². The lowest BCUT2D eigenvalue weighted by Crippen LogP contribution is -2.38. The fourth-order valence-electron chi connectivity index (χ4n) is 3.38. The molecule has 1 aromatic rings. The highest BCUT2D eigenvalue weighted by molar-refractivity contribution is 7.89. The molecule has 1 aromatic heterocycles. The van der Waals surface area contributed by atoms with Gasteiger partial charge in [0.15, 0.2) is 11.5 Å². The van der Waals surface area contributed by atoms with Crippen molar-refractivity contribution >= 4 is 22.0 Å². The molecule has 1 fully saturated rings. The van der Waals surface area contributed by atoms with Crippen molar-refractivity contribution in [1.29, 1.82) is 0 Å². The van der Waals surface area contributed by atoms with Gasteiger partial charge in [0.2, 0.25) is 10.0 Å². The summed E-state index contributed by atoms with van der Waals surface area (Å²) in [6.07, 6.45) is 1.37. The fraction of sp³-hybridized carbons (Fsp3) is 0.647. The number of halogens is 1. The van der Waals surface area contributed by atoms with E-state index in [4.69, 9.17) is 9.47 Å². The molecular weight excluding hydrogens is 395 g/mol. The minimum atomic E-state index is -4.35. The molecule has 1 aliphatic rings. The highest BCUT2D eigenvalue weighted by Gasteiger charge is 2.41. The van der Waals surface area contributed by atoms with Crippen LogP contribution in [0.25, 0.3) is 0 Å². The van der Waals surface area contributed by atoms with Crippen LogP contribution in [0, 0.1) is 17.7 Å². The minimum Gasteiger partial charge on any atom is -0.466 e. The van der Waals surface area contributed by atoms with Gasteiger partial charge < -0.3 is 19.1 Å². The zero-order valence-electron chi connectivity index (χ0n) is 16.0. The van der Waals surface area contributed by atoms with Crippen LogP contribution in [0.5, 0.6) is 0 Å². The number of esters is 2. The third-order valence-electron chi connectivity index (χ3n) is 4.70. The highest BCUT2D eigenvalue weighted by atomic mass is 32.2. The van der Waals surface area contributed by atoms with E-state index in [9.17, 15) is 27.5 Å². The molecule has 9 nitrogen and oxygen atoms in total. The van der Waals surface area contributed by atoms with Gasteiger partial charge in [-0.2, -0.15) is 0 Å². The predicted octanol–water partition coefficient (Wildman–Crippen LogP) is 0.569. The standard InChI is InChI=1S/C17H25FN2O7S/c1-4-26-16(22)10-6-11(9-21)12(7-10)19-28(24,25)13-8-20(3)15(14(13)18)17(23)27-5-2/h8,10-12,19,21H,4-7,9H2,1-3H3. The highest BCUT2D eigenvalue weighted by Crippen LogP contribution is 2.33. The Morgan fingerprint density at radius 1 is 1.29 bits per heavy atom. The number of hydrogen-bond donors (Lipinski definition) is 2.